The fourth-order valence-corrected chi connectivity index (χ4v) is 1.13. The van der Waals surface area contributed by atoms with Gasteiger partial charge in [0.05, 0.1) is 21.1 Å². The molecule has 0 fully saturated rings. The third-order valence-electron chi connectivity index (χ3n) is 1.50. The summed E-state index contributed by atoms with van der Waals surface area (Å²) >= 11 is 0. The molecule has 0 aliphatic carbocycles. The molecule has 5 heteroatoms. The summed E-state index contributed by atoms with van der Waals surface area (Å²) in [6, 6.07) is 10.6. The van der Waals surface area contributed by atoms with Gasteiger partial charge in [0.2, 0.25) is 0 Å². The summed E-state index contributed by atoms with van der Waals surface area (Å²) in [6.45, 7) is 1.10. The summed E-state index contributed by atoms with van der Waals surface area (Å²) < 4.78 is 25.2. The number of rotatable bonds is 2. The van der Waals surface area contributed by atoms with Crippen LogP contribution in [-0.2, 0) is 17.5 Å². The first-order chi connectivity index (χ1) is 6.81. The Bertz CT molecular complexity index is 333. The molecule has 86 valence electrons. The molecular weight excluding hydrogens is 214 g/mol. The van der Waals surface area contributed by atoms with Crippen LogP contribution in [0.1, 0.15) is 5.56 Å². The van der Waals surface area contributed by atoms with Crippen molar-refractivity contribution in [2.75, 3.05) is 21.1 Å². The highest BCUT2D eigenvalue weighted by Crippen LogP contribution is 2.04. The summed E-state index contributed by atoms with van der Waals surface area (Å²) in [5.74, 6) is 0. The SMILES string of the molecule is C[N+](C)(C)Cc1ccccc1.O=[SH](=O)O. The zero-order valence-electron chi connectivity index (χ0n) is 9.25. The molecule has 0 heterocycles. The summed E-state index contributed by atoms with van der Waals surface area (Å²) in [6.07, 6.45) is 0. The van der Waals surface area contributed by atoms with Crippen LogP contribution in [-0.4, -0.2) is 38.6 Å². The van der Waals surface area contributed by atoms with E-state index < -0.39 is 11.0 Å². The van der Waals surface area contributed by atoms with Gasteiger partial charge in [-0.25, -0.2) is 8.42 Å². The standard InChI is InChI=1S/C10H16N.H2O3S/c1-11(2,3)9-10-7-5-4-6-8-10;1-4(2)3/h4-8H,9H2,1-3H3;4H,(H,1,2,3)/q+1;. The molecule has 0 bridgehead atoms. The topological polar surface area (TPSA) is 54.4 Å². The van der Waals surface area contributed by atoms with Gasteiger partial charge in [-0.1, -0.05) is 30.3 Å². The first-order valence-corrected chi connectivity index (χ1v) is 5.62. The van der Waals surface area contributed by atoms with Gasteiger partial charge in [-0.2, -0.15) is 0 Å². The Morgan fingerprint density at radius 2 is 1.53 bits per heavy atom. The van der Waals surface area contributed by atoms with E-state index in [4.69, 9.17) is 13.0 Å². The minimum absolute atomic E-state index is 0.990. The van der Waals surface area contributed by atoms with E-state index >= 15 is 0 Å². The second-order valence-corrected chi connectivity index (χ2v) is 4.65. The molecule has 4 nitrogen and oxygen atoms in total. The summed E-state index contributed by atoms with van der Waals surface area (Å²) in [7, 11) is 3.48. The van der Waals surface area contributed by atoms with Crippen LogP contribution in [0.4, 0.5) is 0 Å². The van der Waals surface area contributed by atoms with Crippen molar-refractivity contribution >= 4 is 11.0 Å². The van der Waals surface area contributed by atoms with Gasteiger partial charge in [0.25, 0.3) is 11.0 Å². The van der Waals surface area contributed by atoms with Crippen LogP contribution in [0, 0.1) is 0 Å². The highest BCUT2D eigenvalue weighted by atomic mass is 32.2. The van der Waals surface area contributed by atoms with Crippen molar-refractivity contribution < 1.29 is 17.5 Å². The maximum absolute atomic E-state index is 8.59. The van der Waals surface area contributed by atoms with E-state index in [1.165, 1.54) is 5.56 Å². The van der Waals surface area contributed by atoms with Crippen LogP contribution in [0.3, 0.4) is 0 Å². The van der Waals surface area contributed by atoms with Crippen molar-refractivity contribution in [3.05, 3.63) is 35.9 Å². The molecule has 0 amide bonds. The van der Waals surface area contributed by atoms with E-state index in [-0.39, 0.29) is 0 Å². The van der Waals surface area contributed by atoms with Crippen LogP contribution in [0.25, 0.3) is 0 Å². The molecule has 1 aromatic rings. The molecule has 15 heavy (non-hydrogen) atoms. The lowest BCUT2D eigenvalue weighted by Gasteiger charge is -2.23. The number of thiol groups is 1. The van der Waals surface area contributed by atoms with Crippen molar-refractivity contribution in [3.63, 3.8) is 0 Å². The van der Waals surface area contributed by atoms with Gasteiger partial charge >= 0.3 is 0 Å². The average Bonchev–Trinajstić information content (AvgIpc) is 2.01. The van der Waals surface area contributed by atoms with Crippen molar-refractivity contribution in [2.45, 2.75) is 6.54 Å². The Hall–Kier alpha value is -0.910. The molecule has 0 aliphatic heterocycles. The smallest absolute Gasteiger partial charge is 0.254 e. The average molecular weight is 232 g/mol. The van der Waals surface area contributed by atoms with Crippen LogP contribution in [0.2, 0.25) is 0 Å². The van der Waals surface area contributed by atoms with Crippen molar-refractivity contribution in [1.82, 2.24) is 0 Å². The van der Waals surface area contributed by atoms with E-state index in [1.54, 1.807) is 0 Å². The van der Waals surface area contributed by atoms with Gasteiger partial charge in [0.1, 0.15) is 6.54 Å². The molecule has 0 aromatic heterocycles. The molecule has 0 radical (unpaired) electrons. The molecule has 1 aromatic carbocycles. The van der Waals surface area contributed by atoms with Gasteiger partial charge < -0.3 is 4.48 Å². The van der Waals surface area contributed by atoms with Crippen LogP contribution in [0.15, 0.2) is 30.3 Å². The number of quaternary nitrogens is 1. The second kappa shape index (κ2) is 6.55. The van der Waals surface area contributed by atoms with Crippen molar-refractivity contribution in [2.24, 2.45) is 0 Å². The van der Waals surface area contributed by atoms with E-state index in [2.05, 4.69) is 51.5 Å². The highest BCUT2D eigenvalue weighted by molar-refractivity contribution is 7.66. The van der Waals surface area contributed by atoms with Gasteiger partial charge in [0.15, 0.2) is 0 Å². The summed E-state index contributed by atoms with van der Waals surface area (Å²) in [4.78, 5) is 0. The Morgan fingerprint density at radius 1 is 1.13 bits per heavy atom. The lowest BCUT2D eigenvalue weighted by Crippen LogP contribution is -2.33. The first kappa shape index (κ1) is 14.1. The fraction of sp³-hybridized carbons (Fsp3) is 0.400. The molecule has 1 N–H and O–H groups in total. The number of hydrogen-bond donors (Lipinski definition) is 2. The lowest BCUT2D eigenvalue weighted by atomic mass is 10.2. The molecule has 1 rings (SSSR count). The highest BCUT2D eigenvalue weighted by Gasteiger charge is 2.06. The minimum Gasteiger partial charge on any atom is -0.327 e. The van der Waals surface area contributed by atoms with E-state index in [9.17, 15) is 0 Å². The maximum atomic E-state index is 8.59. The number of hydrogen-bond acceptors (Lipinski definition) is 2. The lowest BCUT2D eigenvalue weighted by molar-refractivity contribution is -0.884. The molecule has 0 saturated carbocycles. The Kier molecular flexibility index (Phi) is 6.15. The monoisotopic (exact) mass is 232 g/mol. The fourth-order valence-electron chi connectivity index (χ4n) is 1.13. The number of benzene rings is 1. The summed E-state index contributed by atoms with van der Waals surface area (Å²) in [5, 5.41) is 0. The largest absolute Gasteiger partial charge is 0.327 e. The molecule has 0 spiro atoms. The second-order valence-electron chi connectivity index (χ2n) is 4.17. The van der Waals surface area contributed by atoms with Gasteiger partial charge in [-0.05, 0) is 0 Å². The molecule has 0 unspecified atom stereocenters. The Morgan fingerprint density at radius 3 is 1.87 bits per heavy atom. The Balaban J connectivity index is 0.000000423. The van der Waals surface area contributed by atoms with Crippen molar-refractivity contribution in [3.8, 4) is 0 Å². The van der Waals surface area contributed by atoms with E-state index in [0.29, 0.717) is 0 Å². The maximum Gasteiger partial charge on any atom is 0.254 e. The van der Waals surface area contributed by atoms with E-state index in [1.807, 2.05) is 0 Å². The molecular formula is C10H18NO3S+. The predicted octanol–water partition coefficient (Wildman–Crippen LogP) is 0.964. The Labute approximate surface area is 92.5 Å². The van der Waals surface area contributed by atoms with E-state index in [0.717, 1.165) is 11.0 Å². The van der Waals surface area contributed by atoms with Crippen LogP contribution in [0.5, 0.6) is 0 Å². The molecule has 0 atom stereocenters. The number of nitrogens with zero attached hydrogens (tertiary/aromatic N) is 1. The van der Waals surface area contributed by atoms with Crippen LogP contribution >= 0.6 is 0 Å². The first-order valence-electron chi connectivity index (χ1n) is 4.49. The third-order valence-corrected chi connectivity index (χ3v) is 1.50. The predicted molar refractivity (Wildman–Crippen MR) is 61.1 cm³/mol. The van der Waals surface area contributed by atoms with Gasteiger partial charge in [-0.15, -0.1) is 0 Å². The minimum atomic E-state index is -3.12. The normalized spacial score (nSPS) is 10.7. The van der Waals surface area contributed by atoms with Crippen LogP contribution < -0.4 is 0 Å². The zero-order valence-corrected chi connectivity index (χ0v) is 10.1. The van der Waals surface area contributed by atoms with Gasteiger partial charge in [-0.3, -0.25) is 4.55 Å². The third kappa shape index (κ3) is 11.0. The zero-order chi connectivity index (χ0) is 11.9. The van der Waals surface area contributed by atoms with Gasteiger partial charge in [0, 0.05) is 5.56 Å². The molecule has 0 aliphatic rings. The summed E-state index contributed by atoms with van der Waals surface area (Å²) in [5.41, 5.74) is 1.40. The molecule has 0 saturated heterocycles. The quantitative estimate of drug-likeness (QED) is 0.454. The van der Waals surface area contributed by atoms with Crippen molar-refractivity contribution in [1.29, 1.82) is 0 Å².